The lowest BCUT2D eigenvalue weighted by atomic mass is 10.2. The number of hydrogen-bond acceptors (Lipinski definition) is 3. The van der Waals surface area contributed by atoms with E-state index in [1.807, 2.05) is 6.92 Å². The van der Waals surface area contributed by atoms with Crippen LogP contribution in [0.4, 0.5) is 0 Å². The summed E-state index contributed by atoms with van der Waals surface area (Å²) >= 11 is 0. The maximum absolute atomic E-state index is 11.2. The first kappa shape index (κ1) is 11.5. The van der Waals surface area contributed by atoms with Crippen LogP contribution in [0.5, 0.6) is 0 Å². The van der Waals surface area contributed by atoms with Crippen LogP contribution in [0.25, 0.3) is 0 Å². The highest BCUT2D eigenvalue weighted by Gasteiger charge is 2.28. The van der Waals surface area contributed by atoms with E-state index < -0.39 is 0 Å². The first-order valence-electron chi connectivity index (χ1n) is 5.34. The fourth-order valence-corrected chi connectivity index (χ4v) is 1.28. The number of carbonyl (C=O) groups is 1. The molecule has 0 bridgehead atoms. The van der Waals surface area contributed by atoms with Crippen molar-refractivity contribution in [2.75, 3.05) is 19.8 Å². The van der Waals surface area contributed by atoms with E-state index in [4.69, 9.17) is 10.5 Å². The quantitative estimate of drug-likeness (QED) is 0.580. The second-order valence-corrected chi connectivity index (χ2v) is 3.86. The van der Waals surface area contributed by atoms with Gasteiger partial charge < -0.3 is 15.8 Å². The van der Waals surface area contributed by atoms with Gasteiger partial charge in [0.1, 0.15) is 6.61 Å². The first-order valence-corrected chi connectivity index (χ1v) is 5.34. The van der Waals surface area contributed by atoms with Crippen molar-refractivity contribution in [3.8, 4) is 0 Å². The number of amides is 1. The molecule has 0 spiro atoms. The molecule has 82 valence electrons. The molecule has 1 amide bonds. The van der Waals surface area contributed by atoms with Crippen LogP contribution in [0.1, 0.15) is 26.2 Å². The molecule has 14 heavy (non-hydrogen) atoms. The summed E-state index contributed by atoms with van der Waals surface area (Å²) in [7, 11) is 0. The predicted octanol–water partition coefficient (Wildman–Crippen LogP) is 0.267. The van der Waals surface area contributed by atoms with Gasteiger partial charge in [-0.25, -0.2) is 0 Å². The Hall–Kier alpha value is -0.610. The number of carbonyl (C=O) groups excluding carboxylic acids is 1. The van der Waals surface area contributed by atoms with Crippen LogP contribution >= 0.6 is 0 Å². The zero-order chi connectivity index (χ0) is 10.4. The van der Waals surface area contributed by atoms with Gasteiger partial charge in [-0.3, -0.25) is 4.79 Å². The molecule has 0 heterocycles. The molecular weight excluding hydrogens is 180 g/mol. The van der Waals surface area contributed by atoms with Crippen molar-refractivity contribution in [3.63, 3.8) is 0 Å². The minimum atomic E-state index is -0.0606. The van der Waals surface area contributed by atoms with Crippen molar-refractivity contribution in [1.82, 2.24) is 5.32 Å². The minimum Gasteiger partial charge on any atom is -0.372 e. The van der Waals surface area contributed by atoms with Gasteiger partial charge in [0.25, 0.3) is 0 Å². The standard InChI is InChI=1S/C10H20N2O2/c1-2-5-14-7-10(13)12-6-9(11)8-3-4-8/h8-9H,2-7,11H2,1H3,(H,12,13). The molecule has 1 fully saturated rings. The summed E-state index contributed by atoms with van der Waals surface area (Å²) < 4.78 is 5.10. The van der Waals surface area contributed by atoms with Crippen LogP contribution in [-0.4, -0.2) is 31.7 Å². The molecule has 1 unspecified atom stereocenters. The topological polar surface area (TPSA) is 64.3 Å². The lowest BCUT2D eigenvalue weighted by Crippen LogP contribution is -2.40. The van der Waals surface area contributed by atoms with E-state index in [2.05, 4.69) is 5.32 Å². The van der Waals surface area contributed by atoms with E-state index >= 15 is 0 Å². The Labute approximate surface area is 85.2 Å². The van der Waals surface area contributed by atoms with E-state index in [0.29, 0.717) is 19.1 Å². The van der Waals surface area contributed by atoms with E-state index in [1.165, 1.54) is 12.8 Å². The molecule has 1 atom stereocenters. The van der Waals surface area contributed by atoms with Crippen molar-refractivity contribution in [3.05, 3.63) is 0 Å². The zero-order valence-electron chi connectivity index (χ0n) is 8.79. The summed E-state index contributed by atoms with van der Waals surface area (Å²) in [5.74, 6) is 0.571. The molecular formula is C10H20N2O2. The van der Waals surface area contributed by atoms with Gasteiger partial charge in [-0.15, -0.1) is 0 Å². The zero-order valence-corrected chi connectivity index (χ0v) is 8.79. The third kappa shape index (κ3) is 4.58. The highest BCUT2D eigenvalue weighted by atomic mass is 16.5. The Kier molecular flexibility index (Phi) is 4.90. The van der Waals surface area contributed by atoms with Crippen molar-refractivity contribution in [1.29, 1.82) is 0 Å². The molecule has 3 N–H and O–H groups in total. The summed E-state index contributed by atoms with van der Waals surface area (Å²) in [4.78, 5) is 11.2. The van der Waals surface area contributed by atoms with Crippen LogP contribution < -0.4 is 11.1 Å². The van der Waals surface area contributed by atoms with Crippen molar-refractivity contribution < 1.29 is 9.53 Å². The summed E-state index contributed by atoms with van der Waals surface area (Å²) in [6.45, 7) is 3.40. The van der Waals surface area contributed by atoms with Gasteiger partial charge in [0.2, 0.25) is 5.91 Å². The van der Waals surface area contributed by atoms with Crippen LogP contribution in [0.15, 0.2) is 0 Å². The van der Waals surface area contributed by atoms with Gasteiger partial charge in [0.05, 0.1) is 0 Å². The largest absolute Gasteiger partial charge is 0.372 e. The summed E-state index contributed by atoms with van der Waals surface area (Å²) in [5, 5.41) is 2.77. The van der Waals surface area contributed by atoms with Gasteiger partial charge in [-0.2, -0.15) is 0 Å². The van der Waals surface area contributed by atoms with Gasteiger partial charge in [0.15, 0.2) is 0 Å². The Balaban J connectivity index is 1.96. The molecule has 0 aromatic carbocycles. The fourth-order valence-electron chi connectivity index (χ4n) is 1.28. The van der Waals surface area contributed by atoms with Gasteiger partial charge in [-0.1, -0.05) is 6.92 Å². The lowest BCUT2D eigenvalue weighted by Gasteiger charge is -2.11. The fraction of sp³-hybridized carbons (Fsp3) is 0.900. The number of nitrogens with one attached hydrogen (secondary N) is 1. The number of hydrogen-bond donors (Lipinski definition) is 2. The second kappa shape index (κ2) is 5.98. The molecule has 0 aliphatic heterocycles. The second-order valence-electron chi connectivity index (χ2n) is 3.86. The van der Waals surface area contributed by atoms with Crippen molar-refractivity contribution >= 4 is 5.91 Å². The molecule has 1 rings (SSSR count). The molecule has 4 heteroatoms. The first-order chi connectivity index (χ1) is 6.74. The van der Waals surface area contributed by atoms with E-state index in [9.17, 15) is 4.79 Å². The van der Waals surface area contributed by atoms with Crippen LogP contribution in [0.3, 0.4) is 0 Å². The average molecular weight is 200 g/mol. The maximum Gasteiger partial charge on any atom is 0.246 e. The normalized spacial score (nSPS) is 17.9. The lowest BCUT2D eigenvalue weighted by molar-refractivity contribution is -0.125. The summed E-state index contributed by atoms with van der Waals surface area (Å²) in [5.41, 5.74) is 5.83. The third-order valence-corrected chi connectivity index (χ3v) is 2.34. The smallest absolute Gasteiger partial charge is 0.246 e. The summed E-state index contributed by atoms with van der Waals surface area (Å²) in [6, 6.07) is 0.130. The third-order valence-electron chi connectivity index (χ3n) is 2.34. The SMILES string of the molecule is CCCOCC(=O)NCC(N)C1CC1. The molecule has 0 aromatic rings. The van der Waals surface area contributed by atoms with Gasteiger partial charge >= 0.3 is 0 Å². The highest BCUT2D eigenvalue weighted by Crippen LogP contribution is 2.31. The Morgan fingerprint density at radius 2 is 2.36 bits per heavy atom. The molecule has 0 saturated heterocycles. The molecule has 1 saturated carbocycles. The molecule has 0 radical (unpaired) electrons. The minimum absolute atomic E-state index is 0.0606. The monoisotopic (exact) mass is 200 g/mol. The summed E-state index contributed by atoms with van der Waals surface area (Å²) in [6.07, 6.45) is 3.36. The molecule has 0 aromatic heterocycles. The number of rotatable bonds is 7. The molecule has 4 nitrogen and oxygen atoms in total. The Morgan fingerprint density at radius 1 is 1.64 bits per heavy atom. The van der Waals surface area contributed by atoms with Gasteiger partial charge in [0, 0.05) is 19.2 Å². The highest BCUT2D eigenvalue weighted by molar-refractivity contribution is 5.77. The number of nitrogens with two attached hydrogens (primary N) is 1. The molecule has 1 aliphatic rings. The predicted molar refractivity (Wildman–Crippen MR) is 54.8 cm³/mol. The van der Waals surface area contributed by atoms with Crippen molar-refractivity contribution in [2.45, 2.75) is 32.2 Å². The maximum atomic E-state index is 11.2. The average Bonchev–Trinajstić information content (AvgIpc) is 2.98. The van der Waals surface area contributed by atoms with E-state index in [1.54, 1.807) is 0 Å². The Morgan fingerprint density at radius 3 is 2.93 bits per heavy atom. The van der Waals surface area contributed by atoms with E-state index in [0.717, 1.165) is 6.42 Å². The Bertz CT molecular complexity index is 181. The van der Waals surface area contributed by atoms with Gasteiger partial charge in [-0.05, 0) is 25.2 Å². The van der Waals surface area contributed by atoms with Crippen molar-refractivity contribution in [2.24, 2.45) is 11.7 Å². The van der Waals surface area contributed by atoms with E-state index in [-0.39, 0.29) is 18.6 Å². The number of ether oxygens (including phenoxy) is 1. The van der Waals surface area contributed by atoms with Crippen LogP contribution in [0.2, 0.25) is 0 Å². The molecule has 1 aliphatic carbocycles. The van der Waals surface area contributed by atoms with Crippen LogP contribution in [0, 0.1) is 5.92 Å². The van der Waals surface area contributed by atoms with Crippen LogP contribution in [-0.2, 0) is 9.53 Å².